The molecule has 1 heterocycles. The van der Waals surface area contributed by atoms with Crippen molar-refractivity contribution in [3.63, 3.8) is 0 Å². The van der Waals surface area contributed by atoms with E-state index in [2.05, 4.69) is 5.32 Å². The number of amides is 1. The number of nitrogens with one attached hydrogen (secondary N) is 1. The predicted octanol–water partition coefficient (Wildman–Crippen LogP) is 4.08. The second-order valence-electron chi connectivity index (χ2n) is 6.85. The zero-order chi connectivity index (χ0) is 22.7. The summed E-state index contributed by atoms with van der Waals surface area (Å²) in [7, 11) is -4.20. The topological polar surface area (TPSA) is 84.9 Å². The Labute approximate surface area is 189 Å². The highest BCUT2D eigenvalue weighted by Gasteiger charge is 2.29. The Morgan fingerprint density at radius 3 is 2.31 bits per heavy atom. The molecule has 0 aliphatic carbocycles. The number of halogens is 2. The van der Waals surface area contributed by atoms with E-state index in [9.17, 15) is 17.6 Å². The second kappa shape index (κ2) is 9.05. The number of benzene rings is 3. The monoisotopic (exact) mass is 476 g/mol. The molecule has 0 bridgehead atoms. The molecule has 32 heavy (non-hydrogen) atoms. The van der Waals surface area contributed by atoms with E-state index in [1.54, 1.807) is 24.3 Å². The summed E-state index contributed by atoms with van der Waals surface area (Å²) < 4.78 is 52.2. The largest absolute Gasteiger partial charge is 0.486 e. The fourth-order valence-corrected chi connectivity index (χ4v) is 4.66. The number of sulfonamides is 1. The van der Waals surface area contributed by atoms with Crippen molar-refractivity contribution in [3.05, 3.63) is 77.6 Å². The van der Waals surface area contributed by atoms with Gasteiger partial charge in [0.1, 0.15) is 25.6 Å². The van der Waals surface area contributed by atoms with Crippen LogP contribution in [0.15, 0.2) is 71.6 Å². The maximum absolute atomic E-state index is 13.5. The summed E-state index contributed by atoms with van der Waals surface area (Å²) in [6, 6.07) is 15.4. The maximum Gasteiger partial charge on any atom is 0.264 e. The molecule has 7 nitrogen and oxygen atoms in total. The van der Waals surface area contributed by atoms with Crippen molar-refractivity contribution in [2.75, 3.05) is 29.4 Å². The highest BCUT2D eigenvalue weighted by Crippen LogP contribution is 2.34. The van der Waals surface area contributed by atoms with E-state index in [-0.39, 0.29) is 10.6 Å². The normalized spacial score (nSPS) is 12.8. The molecule has 0 saturated carbocycles. The quantitative estimate of drug-likeness (QED) is 0.579. The van der Waals surface area contributed by atoms with Gasteiger partial charge in [-0.25, -0.2) is 12.8 Å². The first kappa shape index (κ1) is 21.9. The maximum atomic E-state index is 13.5. The smallest absolute Gasteiger partial charge is 0.264 e. The number of hydrogen-bond donors (Lipinski definition) is 1. The molecule has 1 aliphatic heterocycles. The second-order valence-corrected chi connectivity index (χ2v) is 9.15. The van der Waals surface area contributed by atoms with E-state index >= 15 is 0 Å². The van der Waals surface area contributed by atoms with Crippen molar-refractivity contribution in [2.45, 2.75) is 4.90 Å². The van der Waals surface area contributed by atoms with E-state index in [0.29, 0.717) is 35.4 Å². The first-order valence-corrected chi connectivity index (χ1v) is 11.4. The summed E-state index contributed by atoms with van der Waals surface area (Å²) in [5.41, 5.74) is 0.586. The molecular weight excluding hydrogens is 459 g/mol. The van der Waals surface area contributed by atoms with Crippen LogP contribution >= 0.6 is 11.6 Å². The lowest BCUT2D eigenvalue weighted by Gasteiger charge is -2.25. The first-order chi connectivity index (χ1) is 15.3. The summed E-state index contributed by atoms with van der Waals surface area (Å²) in [6.45, 7) is 0.123. The molecule has 1 aliphatic rings. The molecule has 3 aromatic rings. The zero-order valence-corrected chi connectivity index (χ0v) is 18.2. The van der Waals surface area contributed by atoms with Gasteiger partial charge in [0.05, 0.1) is 10.6 Å². The molecule has 1 N–H and O–H groups in total. The molecule has 10 heteroatoms. The van der Waals surface area contributed by atoms with Gasteiger partial charge < -0.3 is 14.8 Å². The molecule has 0 atom stereocenters. The lowest BCUT2D eigenvalue weighted by Crippen LogP contribution is -2.38. The van der Waals surface area contributed by atoms with Gasteiger partial charge in [0.25, 0.3) is 10.0 Å². The number of anilines is 2. The summed E-state index contributed by atoms with van der Waals surface area (Å²) in [6.07, 6.45) is 0. The number of carbonyl (C=O) groups is 1. The van der Waals surface area contributed by atoms with Crippen molar-refractivity contribution in [1.82, 2.24) is 0 Å². The lowest BCUT2D eigenvalue weighted by atomic mass is 10.3. The Morgan fingerprint density at radius 1 is 0.969 bits per heavy atom. The minimum Gasteiger partial charge on any atom is -0.486 e. The molecule has 0 radical (unpaired) electrons. The van der Waals surface area contributed by atoms with E-state index < -0.39 is 28.3 Å². The zero-order valence-electron chi connectivity index (χ0n) is 16.6. The van der Waals surface area contributed by atoms with Gasteiger partial charge in [-0.2, -0.15) is 0 Å². The van der Waals surface area contributed by atoms with Crippen molar-refractivity contribution in [3.8, 4) is 11.5 Å². The van der Waals surface area contributed by atoms with Crippen LogP contribution in [0.1, 0.15) is 0 Å². The lowest BCUT2D eigenvalue weighted by molar-refractivity contribution is -0.114. The standard InChI is InChI=1S/C22H18ClFN2O5S/c23-15-1-5-17(6-2-15)25-22(27)14-26(18-7-3-16(24)4-8-18)32(28,29)19-9-10-20-21(13-19)31-12-11-30-20/h1-10,13H,11-12,14H2,(H,25,27). The Morgan fingerprint density at radius 2 is 1.62 bits per heavy atom. The molecule has 0 saturated heterocycles. The average Bonchev–Trinajstić information content (AvgIpc) is 2.79. The van der Waals surface area contributed by atoms with Crippen LogP contribution < -0.4 is 19.1 Å². The van der Waals surface area contributed by atoms with Crippen molar-refractivity contribution in [2.24, 2.45) is 0 Å². The number of nitrogens with zero attached hydrogens (tertiary/aromatic N) is 1. The summed E-state index contributed by atoms with van der Waals surface area (Å²) >= 11 is 5.85. The van der Waals surface area contributed by atoms with Gasteiger partial charge in [-0.1, -0.05) is 11.6 Å². The van der Waals surface area contributed by atoms with Crippen LogP contribution in [-0.2, 0) is 14.8 Å². The number of fused-ring (bicyclic) bond motifs is 1. The minimum atomic E-state index is -4.20. The van der Waals surface area contributed by atoms with Gasteiger partial charge in [-0.05, 0) is 60.7 Å². The van der Waals surface area contributed by atoms with E-state index in [1.807, 2.05) is 0 Å². The van der Waals surface area contributed by atoms with Crippen LogP contribution in [0, 0.1) is 5.82 Å². The van der Waals surface area contributed by atoms with Crippen LogP contribution in [0.4, 0.5) is 15.8 Å². The van der Waals surface area contributed by atoms with Crippen LogP contribution in [0.5, 0.6) is 11.5 Å². The van der Waals surface area contributed by atoms with Gasteiger partial charge in [-0.15, -0.1) is 0 Å². The molecule has 3 aromatic carbocycles. The molecule has 0 aromatic heterocycles. The van der Waals surface area contributed by atoms with Crippen molar-refractivity contribution >= 4 is 38.9 Å². The number of ether oxygens (including phenoxy) is 2. The van der Waals surface area contributed by atoms with Crippen LogP contribution in [0.25, 0.3) is 0 Å². The molecule has 166 valence electrons. The van der Waals surface area contributed by atoms with Crippen LogP contribution in [-0.4, -0.2) is 34.1 Å². The highest BCUT2D eigenvalue weighted by molar-refractivity contribution is 7.92. The summed E-state index contributed by atoms with van der Waals surface area (Å²) in [4.78, 5) is 12.6. The molecular formula is C22H18ClFN2O5S. The third-order valence-electron chi connectivity index (χ3n) is 4.63. The highest BCUT2D eigenvalue weighted by atomic mass is 35.5. The molecule has 1 amide bonds. The van der Waals surface area contributed by atoms with Gasteiger partial charge in [-0.3, -0.25) is 9.10 Å². The first-order valence-electron chi connectivity index (χ1n) is 9.56. The Hall–Kier alpha value is -3.30. The molecule has 0 fully saturated rings. The number of carbonyl (C=O) groups excluding carboxylic acids is 1. The molecule has 0 unspecified atom stereocenters. The molecule has 0 spiro atoms. The van der Waals surface area contributed by atoms with E-state index in [0.717, 1.165) is 16.4 Å². The Balaban J connectivity index is 1.66. The summed E-state index contributed by atoms with van der Waals surface area (Å²) in [5, 5.41) is 3.13. The fraction of sp³-hybridized carbons (Fsp3) is 0.136. The predicted molar refractivity (Wildman–Crippen MR) is 118 cm³/mol. The average molecular weight is 477 g/mol. The molecule has 4 rings (SSSR count). The third kappa shape index (κ3) is 4.79. The van der Waals surface area contributed by atoms with Crippen LogP contribution in [0.2, 0.25) is 5.02 Å². The summed E-state index contributed by atoms with van der Waals surface area (Å²) in [5.74, 6) is -0.389. The van der Waals surface area contributed by atoms with Gasteiger partial charge in [0.2, 0.25) is 5.91 Å². The van der Waals surface area contributed by atoms with Crippen LogP contribution in [0.3, 0.4) is 0 Å². The number of hydrogen-bond acceptors (Lipinski definition) is 5. The number of rotatable bonds is 6. The fourth-order valence-electron chi connectivity index (χ4n) is 3.10. The Kier molecular flexibility index (Phi) is 6.20. The van der Waals surface area contributed by atoms with Gasteiger partial charge in [0.15, 0.2) is 11.5 Å². The SMILES string of the molecule is O=C(CN(c1ccc(F)cc1)S(=O)(=O)c1ccc2c(c1)OCCO2)Nc1ccc(Cl)cc1. The van der Waals surface area contributed by atoms with E-state index in [4.69, 9.17) is 21.1 Å². The third-order valence-corrected chi connectivity index (χ3v) is 6.65. The van der Waals surface area contributed by atoms with Crippen molar-refractivity contribution < 1.29 is 27.1 Å². The van der Waals surface area contributed by atoms with Gasteiger partial charge >= 0.3 is 0 Å². The Bertz CT molecular complexity index is 1230. The van der Waals surface area contributed by atoms with Crippen molar-refractivity contribution in [1.29, 1.82) is 0 Å². The van der Waals surface area contributed by atoms with Gasteiger partial charge in [0, 0.05) is 16.8 Å². The van der Waals surface area contributed by atoms with E-state index in [1.165, 1.54) is 30.3 Å². The minimum absolute atomic E-state index is 0.0923.